The van der Waals surface area contributed by atoms with Crippen LogP contribution in [0.2, 0.25) is 0 Å². The third kappa shape index (κ3) is 4.48. The molecule has 0 bridgehead atoms. The maximum Gasteiger partial charge on any atom is 0.252 e. The highest BCUT2D eigenvalue weighted by molar-refractivity contribution is 5.82. The van der Waals surface area contributed by atoms with E-state index in [0.29, 0.717) is 19.4 Å². The van der Waals surface area contributed by atoms with Crippen molar-refractivity contribution in [2.24, 2.45) is 5.73 Å². The van der Waals surface area contributed by atoms with Gasteiger partial charge in [0.1, 0.15) is 11.9 Å². The van der Waals surface area contributed by atoms with Crippen LogP contribution in [0.25, 0.3) is 0 Å². The van der Waals surface area contributed by atoms with Crippen LogP contribution < -0.4 is 11.1 Å². The summed E-state index contributed by atoms with van der Waals surface area (Å²) in [5, 5.41) is 2.86. The Morgan fingerprint density at radius 2 is 1.94 bits per heavy atom. The number of nitrogens with zero attached hydrogens (tertiary/aromatic N) is 1. The average molecular weight is 426 g/mol. The molecule has 2 aliphatic rings. The fourth-order valence-corrected chi connectivity index (χ4v) is 4.45. The second-order valence-electron chi connectivity index (χ2n) is 8.18. The Hall–Kier alpha value is -2.77. The summed E-state index contributed by atoms with van der Waals surface area (Å²) in [6, 6.07) is 13.4. The highest BCUT2D eigenvalue weighted by Crippen LogP contribution is 2.36. The summed E-state index contributed by atoms with van der Waals surface area (Å²) in [7, 11) is 0. The lowest BCUT2D eigenvalue weighted by atomic mass is 9.87. The fraction of sp³-hybridized carbons (Fsp3) is 0.417. The summed E-state index contributed by atoms with van der Waals surface area (Å²) in [6.45, 7) is 2.53. The van der Waals surface area contributed by atoms with Crippen molar-refractivity contribution in [3.63, 3.8) is 0 Å². The van der Waals surface area contributed by atoms with Gasteiger partial charge in [-0.25, -0.2) is 4.39 Å². The number of rotatable bonds is 4. The molecule has 2 aromatic rings. The molecule has 31 heavy (non-hydrogen) atoms. The molecule has 7 heteroatoms. The Kier molecular flexibility index (Phi) is 6.34. The Morgan fingerprint density at radius 1 is 1.19 bits per heavy atom. The lowest BCUT2D eigenvalue weighted by molar-refractivity contribution is -0.150. The topological polar surface area (TPSA) is 84.7 Å². The number of amides is 2. The van der Waals surface area contributed by atoms with Gasteiger partial charge in [-0.15, -0.1) is 0 Å². The van der Waals surface area contributed by atoms with Crippen LogP contribution in [0.5, 0.6) is 0 Å². The molecule has 4 atom stereocenters. The molecule has 0 saturated carbocycles. The molecule has 2 heterocycles. The zero-order valence-electron chi connectivity index (χ0n) is 17.6. The molecule has 0 radical (unpaired) electrons. The van der Waals surface area contributed by atoms with Crippen LogP contribution in [-0.4, -0.2) is 48.1 Å². The zero-order chi connectivity index (χ0) is 22.0. The first-order valence-electron chi connectivity index (χ1n) is 10.8. The fourth-order valence-electron chi connectivity index (χ4n) is 4.45. The molecule has 4 rings (SSSR count). The summed E-state index contributed by atoms with van der Waals surface area (Å²) in [5.74, 6) is -0.523. The van der Waals surface area contributed by atoms with Crippen molar-refractivity contribution in [1.29, 1.82) is 0 Å². The lowest BCUT2D eigenvalue weighted by Gasteiger charge is -2.41. The molecule has 6 nitrogen and oxygen atoms in total. The van der Waals surface area contributed by atoms with Crippen molar-refractivity contribution in [1.82, 2.24) is 10.2 Å². The van der Waals surface area contributed by atoms with Gasteiger partial charge >= 0.3 is 0 Å². The Bertz CT molecular complexity index is 949. The largest absolute Gasteiger partial charge is 0.366 e. The average Bonchev–Trinajstić information content (AvgIpc) is 2.79. The SMILES string of the molecule is CCC(=O)N[C@H]1CO[C@@H](C(=O)N2CCc3ccccc3[C@@H]2c2ccc(F)cc2)C[C@@H]1N. The van der Waals surface area contributed by atoms with E-state index >= 15 is 0 Å². The van der Waals surface area contributed by atoms with Crippen molar-refractivity contribution in [3.8, 4) is 0 Å². The molecule has 2 amide bonds. The molecule has 0 aliphatic carbocycles. The van der Waals surface area contributed by atoms with E-state index in [1.807, 2.05) is 23.1 Å². The van der Waals surface area contributed by atoms with Crippen molar-refractivity contribution in [3.05, 3.63) is 71.0 Å². The van der Waals surface area contributed by atoms with Crippen molar-refractivity contribution in [2.75, 3.05) is 13.2 Å². The van der Waals surface area contributed by atoms with Crippen LogP contribution in [0.1, 0.15) is 42.5 Å². The van der Waals surface area contributed by atoms with E-state index in [-0.39, 0.29) is 42.4 Å². The molecule has 2 aliphatic heterocycles. The molecule has 1 fully saturated rings. The number of halogens is 1. The smallest absolute Gasteiger partial charge is 0.252 e. The second kappa shape index (κ2) is 9.16. The Labute approximate surface area is 181 Å². The van der Waals surface area contributed by atoms with E-state index < -0.39 is 6.10 Å². The summed E-state index contributed by atoms with van der Waals surface area (Å²) in [6.07, 6.45) is 0.783. The quantitative estimate of drug-likeness (QED) is 0.787. The van der Waals surface area contributed by atoms with Gasteiger partial charge in [0.2, 0.25) is 5.91 Å². The normalized spacial score (nSPS) is 25.6. The highest BCUT2D eigenvalue weighted by Gasteiger charge is 2.39. The van der Waals surface area contributed by atoms with Crippen LogP contribution in [0.3, 0.4) is 0 Å². The highest BCUT2D eigenvalue weighted by atomic mass is 19.1. The van der Waals surface area contributed by atoms with Gasteiger partial charge in [-0.2, -0.15) is 0 Å². The first-order chi connectivity index (χ1) is 15.0. The lowest BCUT2D eigenvalue weighted by Crippen LogP contribution is -2.58. The minimum atomic E-state index is -0.669. The number of carbonyl (C=O) groups excluding carboxylic acids is 2. The number of hydrogen-bond donors (Lipinski definition) is 2. The van der Waals surface area contributed by atoms with Gasteiger partial charge in [-0.1, -0.05) is 43.3 Å². The minimum Gasteiger partial charge on any atom is -0.366 e. The van der Waals surface area contributed by atoms with Crippen molar-refractivity contribution in [2.45, 2.75) is 50.4 Å². The van der Waals surface area contributed by atoms with E-state index in [2.05, 4.69) is 11.4 Å². The predicted molar refractivity (Wildman–Crippen MR) is 115 cm³/mol. The number of nitrogens with two attached hydrogens (primary N) is 1. The third-order valence-corrected chi connectivity index (χ3v) is 6.18. The van der Waals surface area contributed by atoms with Gasteiger partial charge in [0, 0.05) is 19.0 Å². The standard InChI is InChI=1S/C24H28FN3O3/c1-2-22(29)27-20-14-31-21(13-19(20)26)24(30)28-12-11-15-5-3-4-6-18(15)23(28)16-7-9-17(25)10-8-16/h3-10,19-21,23H,2,11-14,26H2,1H3,(H,27,29)/t19-,20-,21+,23-/m0/s1. The van der Waals surface area contributed by atoms with Crippen molar-refractivity contribution >= 4 is 11.8 Å². The monoisotopic (exact) mass is 425 g/mol. The van der Waals surface area contributed by atoms with E-state index in [1.54, 1.807) is 19.1 Å². The van der Waals surface area contributed by atoms with Crippen LogP contribution in [0, 0.1) is 5.82 Å². The van der Waals surface area contributed by atoms with Crippen LogP contribution >= 0.6 is 0 Å². The number of ether oxygens (including phenoxy) is 1. The summed E-state index contributed by atoms with van der Waals surface area (Å²) in [5.41, 5.74) is 9.36. The number of benzene rings is 2. The van der Waals surface area contributed by atoms with Crippen LogP contribution in [0.15, 0.2) is 48.5 Å². The molecule has 1 saturated heterocycles. The van der Waals surface area contributed by atoms with Crippen molar-refractivity contribution < 1.29 is 18.7 Å². The summed E-state index contributed by atoms with van der Waals surface area (Å²) < 4.78 is 19.4. The predicted octanol–water partition coefficient (Wildman–Crippen LogP) is 2.31. The van der Waals surface area contributed by atoms with Gasteiger partial charge < -0.3 is 20.7 Å². The van der Waals surface area contributed by atoms with Gasteiger partial charge in [-0.3, -0.25) is 9.59 Å². The Morgan fingerprint density at radius 3 is 2.65 bits per heavy atom. The summed E-state index contributed by atoms with van der Waals surface area (Å²) >= 11 is 0. The third-order valence-electron chi connectivity index (χ3n) is 6.18. The molecule has 164 valence electrons. The molecule has 3 N–H and O–H groups in total. The van der Waals surface area contributed by atoms with E-state index in [4.69, 9.17) is 10.5 Å². The second-order valence-corrected chi connectivity index (χ2v) is 8.18. The molecule has 0 spiro atoms. The number of hydrogen-bond acceptors (Lipinski definition) is 4. The number of nitrogens with one attached hydrogen (secondary N) is 1. The maximum atomic E-state index is 13.5. The van der Waals surface area contributed by atoms with E-state index in [1.165, 1.54) is 17.7 Å². The first-order valence-corrected chi connectivity index (χ1v) is 10.8. The number of fused-ring (bicyclic) bond motifs is 1. The van der Waals surface area contributed by atoms with Crippen LogP contribution in [-0.2, 0) is 20.7 Å². The molecule has 2 aromatic carbocycles. The van der Waals surface area contributed by atoms with Gasteiger partial charge in [0.25, 0.3) is 5.91 Å². The van der Waals surface area contributed by atoms with E-state index in [0.717, 1.165) is 17.5 Å². The van der Waals surface area contributed by atoms with Gasteiger partial charge in [-0.05, 0) is 41.7 Å². The maximum absolute atomic E-state index is 13.5. The van der Waals surface area contributed by atoms with Gasteiger partial charge in [0.05, 0.1) is 18.7 Å². The minimum absolute atomic E-state index is 0.0853. The molecule has 0 aromatic heterocycles. The number of carbonyl (C=O) groups is 2. The first kappa shape index (κ1) is 21.5. The zero-order valence-corrected chi connectivity index (χ0v) is 17.6. The Balaban J connectivity index is 1.57. The molecular weight excluding hydrogens is 397 g/mol. The summed E-state index contributed by atoms with van der Waals surface area (Å²) in [4.78, 5) is 27.1. The van der Waals surface area contributed by atoms with Gasteiger partial charge in [0.15, 0.2) is 0 Å². The molecular formula is C24H28FN3O3. The van der Waals surface area contributed by atoms with E-state index in [9.17, 15) is 14.0 Å². The molecule has 0 unspecified atom stereocenters. The van der Waals surface area contributed by atoms with Crippen LogP contribution in [0.4, 0.5) is 4.39 Å².